The summed E-state index contributed by atoms with van der Waals surface area (Å²) in [6.45, 7) is 6.28. The van der Waals surface area contributed by atoms with Gasteiger partial charge in [0.25, 0.3) is 0 Å². The van der Waals surface area contributed by atoms with Crippen LogP contribution in [0, 0.1) is 0 Å². The van der Waals surface area contributed by atoms with E-state index >= 15 is 0 Å². The number of hydrogen-bond donors (Lipinski definition) is 2. The van der Waals surface area contributed by atoms with E-state index in [0.717, 1.165) is 82.2 Å². The van der Waals surface area contributed by atoms with E-state index in [4.69, 9.17) is 30.9 Å². The van der Waals surface area contributed by atoms with Crippen LogP contribution in [-0.2, 0) is 6.54 Å². The number of piperidine rings is 1. The average molecular weight is 550 g/mol. The highest BCUT2D eigenvalue weighted by atomic mass is 16.5. The minimum absolute atomic E-state index is 0.363. The van der Waals surface area contributed by atoms with Crippen molar-refractivity contribution in [2.24, 2.45) is 5.73 Å². The predicted molar refractivity (Wildman–Crippen MR) is 164 cm³/mol. The Balaban J connectivity index is 1.54. The molecule has 218 valence electrons. The van der Waals surface area contributed by atoms with Crippen LogP contribution < -0.4 is 25.8 Å². The molecule has 1 fully saturated rings. The molecule has 3 aromatic rings. The Morgan fingerprint density at radius 3 is 2.42 bits per heavy atom. The first-order chi connectivity index (χ1) is 19.5. The van der Waals surface area contributed by atoms with Gasteiger partial charge in [0, 0.05) is 43.7 Å². The van der Waals surface area contributed by atoms with Gasteiger partial charge in [0.15, 0.2) is 11.5 Å². The number of hydrogen-bond acceptors (Lipinski definition) is 9. The van der Waals surface area contributed by atoms with Crippen LogP contribution in [0.4, 0.5) is 11.8 Å². The van der Waals surface area contributed by atoms with Gasteiger partial charge in [-0.15, -0.1) is 0 Å². The SMILES string of the molecule is COc1cc2c(N)nc(N(CCCN(C)C)C3CCN(Cc4ccccc4)CC3)nc2cc1OCCCCCN. The molecule has 0 amide bonds. The molecule has 40 heavy (non-hydrogen) atoms. The van der Waals surface area contributed by atoms with E-state index in [1.807, 2.05) is 12.1 Å². The normalized spacial score (nSPS) is 14.6. The average Bonchev–Trinajstić information content (AvgIpc) is 2.96. The lowest BCUT2D eigenvalue weighted by Gasteiger charge is -2.39. The molecule has 1 aliphatic heterocycles. The number of aromatic nitrogens is 2. The van der Waals surface area contributed by atoms with Gasteiger partial charge in [0.1, 0.15) is 5.82 Å². The maximum Gasteiger partial charge on any atom is 0.228 e. The number of methoxy groups -OCH3 is 1. The first kappa shape index (κ1) is 29.8. The van der Waals surface area contributed by atoms with E-state index in [9.17, 15) is 0 Å². The fourth-order valence-corrected chi connectivity index (χ4v) is 5.39. The molecule has 2 aromatic carbocycles. The summed E-state index contributed by atoms with van der Waals surface area (Å²) in [6, 6.07) is 14.9. The number of rotatable bonds is 15. The second-order valence-corrected chi connectivity index (χ2v) is 11.0. The number of unbranched alkanes of at least 4 members (excludes halogenated alkanes) is 2. The summed E-state index contributed by atoms with van der Waals surface area (Å²) in [5.41, 5.74) is 14.3. The predicted octanol–water partition coefficient (Wildman–Crippen LogP) is 4.15. The number of nitrogens with zero attached hydrogens (tertiary/aromatic N) is 5. The molecular weight excluding hydrogens is 502 g/mol. The van der Waals surface area contributed by atoms with Crippen molar-refractivity contribution in [1.29, 1.82) is 0 Å². The Labute approximate surface area is 239 Å². The Hall–Kier alpha value is -3.14. The van der Waals surface area contributed by atoms with E-state index in [2.05, 4.69) is 59.1 Å². The monoisotopic (exact) mass is 549 g/mol. The van der Waals surface area contributed by atoms with Gasteiger partial charge in [0.2, 0.25) is 5.95 Å². The van der Waals surface area contributed by atoms with Crippen LogP contribution in [0.1, 0.15) is 44.1 Å². The van der Waals surface area contributed by atoms with Crippen molar-refractivity contribution < 1.29 is 9.47 Å². The van der Waals surface area contributed by atoms with Gasteiger partial charge >= 0.3 is 0 Å². The third-order valence-electron chi connectivity index (χ3n) is 7.61. The zero-order valence-electron chi connectivity index (χ0n) is 24.5. The maximum atomic E-state index is 6.54. The Bertz CT molecular complexity index is 1180. The van der Waals surface area contributed by atoms with E-state index in [1.165, 1.54) is 5.56 Å². The molecule has 0 spiro atoms. The highest BCUT2D eigenvalue weighted by molar-refractivity contribution is 5.91. The second kappa shape index (κ2) is 15.0. The van der Waals surface area contributed by atoms with Crippen molar-refractivity contribution in [1.82, 2.24) is 19.8 Å². The van der Waals surface area contributed by atoms with Crippen LogP contribution in [0.15, 0.2) is 42.5 Å². The van der Waals surface area contributed by atoms with E-state index in [0.29, 0.717) is 42.5 Å². The summed E-state index contributed by atoms with van der Waals surface area (Å²) in [5, 5.41) is 0.780. The summed E-state index contributed by atoms with van der Waals surface area (Å²) < 4.78 is 11.7. The molecule has 0 saturated carbocycles. The third-order valence-corrected chi connectivity index (χ3v) is 7.61. The van der Waals surface area contributed by atoms with Gasteiger partial charge < -0.3 is 30.7 Å². The molecule has 9 nitrogen and oxygen atoms in total. The van der Waals surface area contributed by atoms with Crippen molar-refractivity contribution in [2.45, 2.75) is 51.1 Å². The fourth-order valence-electron chi connectivity index (χ4n) is 5.39. The minimum atomic E-state index is 0.363. The quantitative estimate of drug-likeness (QED) is 0.270. The largest absolute Gasteiger partial charge is 0.493 e. The van der Waals surface area contributed by atoms with Crippen molar-refractivity contribution in [3.05, 3.63) is 48.0 Å². The van der Waals surface area contributed by atoms with Gasteiger partial charge in [-0.25, -0.2) is 4.98 Å². The number of ether oxygens (including phenoxy) is 2. The lowest BCUT2D eigenvalue weighted by atomic mass is 10.0. The number of nitrogens with two attached hydrogens (primary N) is 2. The zero-order chi connectivity index (χ0) is 28.3. The highest BCUT2D eigenvalue weighted by Gasteiger charge is 2.27. The Morgan fingerprint density at radius 1 is 0.950 bits per heavy atom. The molecule has 1 aromatic heterocycles. The summed E-state index contributed by atoms with van der Waals surface area (Å²) in [7, 11) is 5.87. The minimum Gasteiger partial charge on any atom is -0.493 e. The summed E-state index contributed by atoms with van der Waals surface area (Å²) in [4.78, 5) is 17.0. The first-order valence-electron chi connectivity index (χ1n) is 14.6. The van der Waals surface area contributed by atoms with Crippen molar-refractivity contribution >= 4 is 22.7 Å². The van der Waals surface area contributed by atoms with Crippen molar-refractivity contribution in [3.8, 4) is 11.5 Å². The highest BCUT2D eigenvalue weighted by Crippen LogP contribution is 2.35. The number of likely N-dealkylation sites (tertiary alicyclic amines) is 1. The first-order valence-corrected chi connectivity index (χ1v) is 14.6. The Kier molecular flexibility index (Phi) is 11.2. The molecule has 0 bridgehead atoms. The topological polar surface area (TPSA) is 106 Å². The second-order valence-electron chi connectivity index (χ2n) is 11.0. The molecule has 0 unspecified atom stereocenters. The van der Waals surface area contributed by atoms with E-state index in [1.54, 1.807) is 7.11 Å². The zero-order valence-corrected chi connectivity index (χ0v) is 24.5. The number of anilines is 2. The Morgan fingerprint density at radius 2 is 1.73 bits per heavy atom. The van der Waals surface area contributed by atoms with Gasteiger partial charge in [0.05, 0.1) is 19.2 Å². The molecule has 1 aliphatic rings. The number of benzene rings is 2. The van der Waals surface area contributed by atoms with Crippen molar-refractivity contribution in [2.75, 3.05) is 71.2 Å². The summed E-state index contributed by atoms with van der Waals surface area (Å²) >= 11 is 0. The number of fused-ring (bicyclic) bond motifs is 1. The molecule has 1 saturated heterocycles. The van der Waals surface area contributed by atoms with Crippen LogP contribution in [0.3, 0.4) is 0 Å². The van der Waals surface area contributed by atoms with Gasteiger partial charge in [-0.05, 0) is 77.3 Å². The molecule has 9 heteroatoms. The van der Waals surface area contributed by atoms with Crippen LogP contribution >= 0.6 is 0 Å². The lowest BCUT2D eigenvalue weighted by Crippen LogP contribution is -2.46. The van der Waals surface area contributed by atoms with Gasteiger partial charge in [-0.1, -0.05) is 30.3 Å². The maximum absolute atomic E-state index is 6.54. The number of nitrogen functional groups attached to an aromatic ring is 1. The van der Waals surface area contributed by atoms with Crippen LogP contribution in [-0.4, -0.2) is 86.3 Å². The van der Waals surface area contributed by atoms with Crippen molar-refractivity contribution in [3.63, 3.8) is 0 Å². The summed E-state index contributed by atoms with van der Waals surface area (Å²) in [6.07, 6.45) is 6.14. The lowest BCUT2D eigenvalue weighted by molar-refractivity contribution is 0.200. The van der Waals surface area contributed by atoms with E-state index in [-0.39, 0.29) is 0 Å². The van der Waals surface area contributed by atoms with Crippen LogP contribution in [0.25, 0.3) is 10.9 Å². The van der Waals surface area contributed by atoms with Crippen LogP contribution in [0.2, 0.25) is 0 Å². The molecule has 0 radical (unpaired) electrons. The molecule has 2 heterocycles. The van der Waals surface area contributed by atoms with Gasteiger partial charge in [-0.3, -0.25) is 4.90 Å². The molecule has 4 N–H and O–H groups in total. The fraction of sp³-hybridized carbons (Fsp3) is 0.548. The molecule has 0 aliphatic carbocycles. The third kappa shape index (κ3) is 8.19. The molecule has 4 rings (SSSR count). The van der Waals surface area contributed by atoms with Crippen LogP contribution in [0.5, 0.6) is 11.5 Å². The smallest absolute Gasteiger partial charge is 0.228 e. The standard InChI is InChI=1S/C31H47N7O2/c1-36(2)16-10-17-38(25-13-18-37(19-14-25)23-24-11-6-4-7-12-24)31-34-27-22-29(40-20-9-5-8-15-32)28(39-3)21-26(27)30(33)35-31/h4,6-7,11-12,21-22,25H,5,8-10,13-20,23,32H2,1-3H3,(H2,33,34,35). The summed E-state index contributed by atoms with van der Waals surface area (Å²) in [5.74, 6) is 2.49. The molecule has 0 atom stereocenters. The molecular formula is C31H47N7O2. The van der Waals surface area contributed by atoms with E-state index < -0.39 is 0 Å². The van der Waals surface area contributed by atoms with Gasteiger partial charge in [-0.2, -0.15) is 4.98 Å².